The van der Waals surface area contributed by atoms with E-state index < -0.39 is 11.7 Å². The summed E-state index contributed by atoms with van der Waals surface area (Å²) in [4.78, 5) is 31.4. The Morgan fingerprint density at radius 2 is 2.13 bits per heavy atom. The number of pyridine rings is 1. The van der Waals surface area contributed by atoms with Crippen molar-refractivity contribution >= 4 is 23.5 Å². The van der Waals surface area contributed by atoms with E-state index in [1.54, 1.807) is 12.4 Å². The summed E-state index contributed by atoms with van der Waals surface area (Å²) < 4.78 is 11.1. The van der Waals surface area contributed by atoms with Gasteiger partial charge in [-0.1, -0.05) is 25.2 Å². The van der Waals surface area contributed by atoms with Gasteiger partial charge in [-0.25, -0.2) is 9.78 Å². The highest BCUT2D eigenvalue weighted by molar-refractivity contribution is 6.00. The fraction of sp³-hybridized carbons (Fsp3) is 0.567. The number of allylic oxidation sites excluding steroid dienone is 3. The van der Waals surface area contributed by atoms with Gasteiger partial charge in [0.1, 0.15) is 18.1 Å². The maximum atomic E-state index is 13.1. The summed E-state index contributed by atoms with van der Waals surface area (Å²) in [5, 5.41) is 5.89. The van der Waals surface area contributed by atoms with Crippen LogP contribution >= 0.6 is 0 Å². The number of hydrogen-bond acceptors (Lipinski definition) is 7. The van der Waals surface area contributed by atoms with Crippen LogP contribution in [0.15, 0.2) is 53.9 Å². The van der Waals surface area contributed by atoms with Gasteiger partial charge in [-0.15, -0.1) is 0 Å². The van der Waals surface area contributed by atoms with E-state index >= 15 is 0 Å². The molecule has 0 aromatic carbocycles. The summed E-state index contributed by atoms with van der Waals surface area (Å²) in [7, 11) is 0. The quantitative estimate of drug-likeness (QED) is 0.272. The molecule has 4 rings (SSSR count). The number of anilines is 2. The summed E-state index contributed by atoms with van der Waals surface area (Å²) in [6, 6.07) is 3.82. The lowest BCUT2D eigenvalue weighted by Crippen LogP contribution is -2.34. The van der Waals surface area contributed by atoms with Gasteiger partial charge in [0.05, 0.1) is 5.41 Å². The summed E-state index contributed by atoms with van der Waals surface area (Å²) in [6.07, 6.45) is 14.2. The van der Waals surface area contributed by atoms with Crippen molar-refractivity contribution in [2.75, 3.05) is 36.6 Å². The van der Waals surface area contributed by atoms with E-state index in [9.17, 15) is 9.59 Å². The zero-order chi connectivity index (χ0) is 28.0. The fourth-order valence-electron chi connectivity index (χ4n) is 5.20. The molecule has 212 valence electrons. The first-order chi connectivity index (χ1) is 18.6. The maximum Gasteiger partial charge on any atom is 0.411 e. The second-order valence-electron chi connectivity index (χ2n) is 11.9. The molecule has 3 aliphatic rings. The van der Waals surface area contributed by atoms with Crippen molar-refractivity contribution in [2.24, 2.45) is 23.0 Å². The van der Waals surface area contributed by atoms with Crippen LogP contribution in [0, 0.1) is 17.3 Å². The normalized spacial score (nSPS) is 23.6. The summed E-state index contributed by atoms with van der Waals surface area (Å²) >= 11 is 0. The molecule has 9 heteroatoms. The van der Waals surface area contributed by atoms with Crippen LogP contribution in [0.1, 0.15) is 59.8 Å². The van der Waals surface area contributed by atoms with Gasteiger partial charge >= 0.3 is 6.09 Å². The summed E-state index contributed by atoms with van der Waals surface area (Å²) in [6.45, 7) is 9.56. The van der Waals surface area contributed by atoms with E-state index in [0.29, 0.717) is 37.5 Å². The van der Waals surface area contributed by atoms with Crippen LogP contribution in [-0.4, -0.2) is 49.0 Å². The van der Waals surface area contributed by atoms with Crippen molar-refractivity contribution in [3.63, 3.8) is 0 Å². The molecule has 2 aliphatic carbocycles. The van der Waals surface area contributed by atoms with E-state index in [1.165, 1.54) is 12.8 Å². The molecule has 1 aromatic heterocycles. The Hall–Kier alpha value is -3.17. The Morgan fingerprint density at radius 3 is 2.85 bits per heavy atom. The molecule has 2 atom stereocenters. The highest BCUT2D eigenvalue weighted by Gasteiger charge is 2.52. The topological polar surface area (TPSA) is 119 Å². The Kier molecular flexibility index (Phi) is 9.12. The van der Waals surface area contributed by atoms with E-state index in [2.05, 4.69) is 34.7 Å². The van der Waals surface area contributed by atoms with Gasteiger partial charge in [0.25, 0.3) is 0 Å². The van der Waals surface area contributed by atoms with Gasteiger partial charge in [-0.3, -0.25) is 10.1 Å². The number of nitrogens with zero attached hydrogens (tertiary/aromatic N) is 2. The Morgan fingerprint density at radius 1 is 1.33 bits per heavy atom. The first kappa shape index (κ1) is 28.8. The summed E-state index contributed by atoms with van der Waals surface area (Å²) in [5.74, 6) is 1.78. The predicted octanol–water partition coefficient (Wildman–Crippen LogP) is 4.88. The molecule has 39 heavy (non-hydrogen) atoms. The predicted molar refractivity (Wildman–Crippen MR) is 153 cm³/mol. The van der Waals surface area contributed by atoms with E-state index in [0.717, 1.165) is 42.6 Å². The number of aromatic nitrogens is 1. The standard InChI is InChI=1S/C30H43N5O4/c1-29(2,3)39-28(37)33-19-23(18-31)22-7-5-6-21(16-22)11-15-38-20-34-26-17-25(10-13-32-26)35-14-12-30(4,27(35)36)24-8-9-24/h5,7,10,13,16-17,19,21,24H,6,8-9,11-12,14-15,18,20,31H2,1-4H3,(H,32,34)(H,33,37)/b23-19+. The van der Waals surface area contributed by atoms with Crippen molar-refractivity contribution in [3.05, 3.63) is 53.9 Å². The van der Waals surface area contributed by atoms with Crippen molar-refractivity contribution in [1.82, 2.24) is 10.3 Å². The fourth-order valence-corrected chi connectivity index (χ4v) is 5.20. The maximum absolute atomic E-state index is 13.1. The molecule has 4 N–H and O–H groups in total. The van der Waals surface area contributed by atoms with Crippen LogP contribution in [0.3, 0.4) is 0 Å². The molecule has 2 amide bonds. The van der Waals surface area contributed by atoms with Crippen molar-refractivity contribution in [3.8, 4) is 0 Å². The van der Waals surface area contributed by atoms with Crippen molar-refractivity contribution in [2.45, 2.75) is 65.4 Å². The number of carbonyl (C=O) groups excluding carboxylic acids is 2. The lowest BCUT2D eigenvalue weighted by atomic mass is 9.83. The molecule has 0 radical (unpaired) electrons. The van der Waals surface area contributed by atoms with Gasteiger partial charge in [0, 0.05) is 43.8 Å². The minimum atomic E-state index is -0.561. The monoisotopic (exact) mass is 537 g/mol. The van der Waals surface area contributed by atoms with Crippen LogP contribution in [0.5, 0.6) is 0 Å². The molecule has 1 saturated heterocycles. The molecule has 1 aliphatic heterocycles. The van der Waals surface area contributed by atoms with Crippen molar-refractivity contribution < 1.29 is 19.1 Å². The van der Waals surface area contributed by atoms with Gasteiger partial charge in [-0.2, -0.15) is 0 Å². The Bertz CT molecular complexity index is 1130. The van der Waals surface area contributed by atoms with Gasteiger partial charge in [0.15, 0.2) is 0 Å². The number of carbonyl (C=O) groups is 2. The van der Waals surface area contributed by atoms with Crippen LogP contribution in [0.2, 0.25) is 0 Å². The second-order valence-corrected chi connectivity index (χ2v) is 11.9. The molecular weight excluding hydrogens is 494 g/mol. The summed E-state index contributed by atoms with van der Waals surface area (Å²) in [5.41, 5.74) is 7.90. The largest absolute Gasteiger partial charge is 0.444 e. The smallest absolute Gasteiger partial charge is 0.411 e. The first-order valence-electron chi connectivity index (χ1n) is 14.0. The minimum Gasteiger partial charge on any atom is -0.444 e. The number of ether oxygens (including phenoxy) is 2. The second kappa shape index (κ2) is 12.3. The zero-order valence-electron chi connectivity index (χ0n) is 23.7. The molecule has 0 bridgehead atoms. The Labute approximate surface area is 231 Å². The molecule has 9 nitrogen and oxygen atoms in total. The zero-order valence-corrected chi connectivity index (χ0v) is 23.7. The molecule has 0 spiro atoms. The molecule has 2 heterocycles. The number of nitrogens with one attached hydrogen (secondary N) is 2. The number of hydrogen-bond donors (Lipinski definition) is 3. The van der Waals surface area contributed by atoms with Gasteiger partial charge in [-0.05, 0) is 81.9 Å². The van der Waals surface area contributed by atoms with E-state index in [4.69, 9.17) is 15.2 Å². The van der Waals surface area contributed by atoms with Crippen LogP contribution < -0.4 is 21.3 Å². The lowest BCUT2D eigenvalue weighted by Gasteiger charge is -2.23. The van der Waals surface area contributed by atoms with Crippen molar-refractivity contribution in [1.29, 1.82) is 0 Å². The highest BCUT2D eigenvalue weighted by Crippen LogP contribution is 2.51. The van der Waals surface area contributed by atoms with Gasteiger partial charge in [0.2, 0.25) is 5.91 Å². The number of amides is 2. The van der Waals surface area contributed by atoms with Crippen LogP contribution in [0.25, 0.3) is 0 Å². The number of alkyl carbamates (subject to hydrolysis) is 1. The first-order valence-corrected chi connectivity index (χ1v) is 14.0. The third-order valence-electron chi connectivity index (χ3n) is 7.62. The highest BCUT2D eigenvalue weighted by atomic mass is 16.6. The molecule has 1 aromatic rings. The number of nitrogens with two attached hydrogens (primary N) is 1. The molecule has 2 fully saturated rings. The lowest BCUT2D eigenvalue weighted by molar-refractivity contribution is -0.125. The van der Waals surface area contributed by atoms with E-state index in [1.807, 2.05) is 43.9 Å². The average molecular weight is 538 g/mol. The molecular formula is C30H43N5O4. The molecule has 1 saturated carbocycles. The van der Waals surface area contributed by atoms with Crippen LogP contribution in [0.4, 0.5) is 16.3 Å². The average Bonchev–Trinajstić information content (AvgIpc) is 3.70. The van der Waals surface area contributed by atoms with E-state index in [-0.39, 0.29) is 11.3 Å². The van der Waals surface area contributed by atoms with Gasteiger partial charge < -0.3 is 25.4 Å². The SMILES string of the molecule is CC(C)(C)OC(=O)N/C=C(\CN)C1=CC(CCOCNc2cc(N3CCC(C)(C4CC4)C3=O)ccn2)CC=C1. The Balaban J connectivity index is 1.22. The van der Waals surface area contributed by atoms with Crippen LogP contribution in [-0.2, 0) is 14.3 Å². The molecule has 2 unspecified atom stereocenters. The third-order valence-corrected chi connectivity index (χ3v) is 7.62. The number of rotatable bonds is 11. The third kappa shape index (κ3) is 7.70. The minimum absolute atomic E-state index is 0.210.